The number of aromatic nitrogens is 3. The average Bonchev–Trinajstić information content (AvgIpc) is 3.32. The number of thioether (sulfide) groups is 1. The minimum atomic E-state index is -0.270. The lowest BCUT2D eigenvalue weighted by molar-refractivity contribution is 0.473. The highest BCUT2D eigenvalue weighted by Crippen LogP contribution is 2.36. The number of benzene rings is 1. The lowest BCUT2D eigenvalue weighted by Gasteiger charge is -2.10. The molecule has 0 saturated heterocycles. The van der Waals surface area contributed by atoms with E-state index in [1.165, 1.54) is 12.1 Å². The molecule has 4 rings (SSSR count). The van der Waals surface area contributed by atoms with Gasteiger partial charge in [0.25, 0.3) is 0 Å². The second kappa shape index (κ2) is 7.54. The Morgan fingerprint density at radius 2 is 2.00 bits per heavy atom. The molecule has 7 heteroatoms. The largest absolute Gasteiger partial charge is 0.507 e. The number of H-pyrrole nitrogens is 1. The number of nitrogens with zero attached hydrogens (tertiary/aromatic N) is 2. The van der Waals surface area contributed by atoms with Gasteiger partial charge in [0.05, 0.1) is 5.03 Å². The summed E-state index contributed by atoms with van der Waals surface area (Å²) in [6, 6.07) is 8.35. The van der Waals surface area contributed by atoms with Crippen molar-refractivity contribution >= 4 is 23.1 Å². The van der Waals surface area contributed by atoms with Crippen molar-refractivity contribution in [3.63, 3.8) is 0 Å². The molecular formula is C20H16FN3OS2. The smallest absolute Gasteiger partial charge is 0.138 e. The zero-order valence-corrected chi connectivity index (χ0v) is 16.1. The van der Waals surface area contributed by atoms with Gasteiger partial charge in [-0.1, -0.05) is 12.1 Å². The van der Waals surface area contributed by atoms with Crippen molar-refractivity contribution in [1.82, 2.24) is 15.0 Å². The summed E-state index contributed by atoms with van der Waals surface area (Å²) in [5, 5.41) is 12.4. The Balaban J connectivity index is 1.67. The van der Waals surface area contributed by atoms with Crippen molar-refractivity contribution in [1.29, 1.82) is 0 Å². The van der Waals surface area contributed by atoms with E-state index in [0.717, 1.165) is 43.7 Å². The fraction of sp³-hybridized carbons (Fsp3) is 0.100. The maximum Gasteiger partial charge on any atom is 0.138 e. The number of aromatic amines is 1. The predicted octanol–water partition coefficient (Wildman–Crippen LogP) is 5.65. The number of hydrogen-bond donors (Lipinski definition) is 2. The number of imidazole rings is 1. The Kier molecular flexibility index (Phi) is 4.96. The maximum atomic E-state index is 13.3. The first-order valence-corrected chi connectivity index (χ1v) is 10.1. The van der Waals surface area contributed by atoms with Gasteiger partial charge < -0.3 is 10.1 Å². The van der Waals surface area contributed by atoms with Gasteiger partial charge in [-0.05, 0) is 30.7 Å². The quantitative estimate of drug-likeness (QED) is 0.428. The summed E-state index contributed by atoms with van der Waals surface area (Å²) in [5.74, 6) is 1.54. The van der Waals surface area contributed by atoms with Crippen LogP contribution in [0.3, 0.4) is 0 Å². The van der Waals surface area contributed by atoms with Crippen molar-refractivity contribution in [2.45, 2.75) is 17.7 Å². The highest BCUT2D eigenvalue weighted by molar-refractivity contribution is 7.98. The Hall–Kier alpha value is -2.64. The zero-order chi connectivity index (χ0) is 18.8. The summed E-state index contributed by atoms with van der Waals surface area (Å²) < 4.78 is 13.3. The van der Waals surface area contributed by atoms with E-state index in [1.54, 1.807) is 59.2 Å². The van der Waals surface area contributed by atoms with Crippen LogP contribution in [0.1, 0.15) is 10.4 Å². The van der Waals surface area contributed by atoms with E-state index in [2.05, 4.69) is 15.0 Å². The van der Waals surface area contributed by atoms with Gasteiger partial charge in [0.15, 0.2) is 0 Å². The summed E-state index contributed by atoms with van der Waals surface area (Å²) in [6.07, 6.45) is 5.27. The summed E-state index contributed by atoms with van der Waals surface area (Å²) in [5.41, 5.74) is 3.60. The molecule has 0 saturated carbocycles. The Morgan fingerprint density at radius 1 is 1.19 bits per heavy atom. The predicted molar refractivity (Wildman–Crippen MR) is 107 cm³/mol. The molecule has 4 aromatic rings. The van der Waals surface area contributed by atoms with E-state index in [0.29, 0.717) is 5.75 Å². The van der Waals surface area contributed by atoms with Gasteiger partial charge >= 0.3 is 0 Å². The first kappa shape index (κ1) is 17.8. The lowest BCUT2D eigenvalue weighted by Crippen LogP contribution is -1.92. The SMILES string of the molecule is Cc1c(O)csc1CSc1cc(-c2ncc[nH]2)c(-c2ccc(F)cc2)cn1. The topological polar surface area (TPSA) is 61.8 Å². The van der Waals surface area contributed by atoms with Crippen LogP contribution in [0, 0.1) is 12.7 Å². The molecule has 0 amide bonds. The van der Waals surface area contributed by atoms with Crippen molar-refractivity contribution in [2.75, 3.05) is 0 Å². The van der Waals surface area contributed by atoms with E-state index in [9.17, 15) is 9.50 Å². The van der Waals surface area contributed by atoms with Gasteiger partial charge in [-0.2, -0.15) is 0 Å². The third kappa shape index (κ3) is 3.74. The molecule has 4 nitrogen and oxygen atoms in total. The first-order chi connectivity index (χ1) is 13.1. The van der Waals surface area contributed by atoms with Crippen LogP contribution in [0.4, 0.5) is 4.39 Å². The fourth-order valence-electron chi connectivity index (χ4n) is 2.71. The van der Waals surface area contributed by atoms with Crippen LogP contribution in [-0.4, -0.2) is 20.1 Å². The highest BCUT2D eigenvalue weighted by atomic mass is 32.2. The van der Waals surface area contributed by atoms with Crippen LogP contribution >= 0.6 is 23.1 Å². The summed E-state index contributed by atoms with van der Waals surface area (Å²) in [7, 11) is 0. The molecule has 0 aliphatic rings. The molecule has 0 spiro atoms. The fourth-order valence-corrected chi connectivity index (χ4v) is 4.70. The van der Waals surface area contributed by atoms with E-state index in [4.69, 9.17) is 0 Å². The third-order valence-electron chi connectivity index (χ3n) is 4.25. The Labute approximate surface area is 164 Å². The van der Waals surface area contributed by atoms with Crippen molar-refractivity contribution in [3.8, 4) is 28.3 Å². The summed E-state index contributed by atoms with van der Waals surface area (Å²) in [6.45, 7) is 1.92. The standard InChI is InChI=1S/C20H16FN3OS2/c1-12-17(25)10-26-18(12)11-27-19-8-15(20-22-6-7-23-20)16(9-24-19)13-2-4-14(21)5-3-13/h2-10,25H,11H2,1H3,(H,22,23). The molecule has 1 aromatic carbocycles. The number of hydrogen-bond acceptors (Lipinski definition) is 5. The van der Waals surface area contributed by atoms with Crippen molar-refractivity contribution < 1.29 is 9.50 Å². The molecule has 3 aromatic heterocycles. The van der Waals surface area contributed by atoms with E-state index < -0.39 is 0 Å². The molecule has 0 aliphatic heterocycles. The van der Waals surface area contributed by atoms with Gasteiger partial charge in [-0.15, -0.1) is 23.1 Å². The Morgan fingerprint density at radius 3 is 2.67 bits per heavy atom. The number of halogens is 1. The van der Waals surface area contributed by atoms with Crippen LogP contribution in [0.25, 0.3) is 22.5 Å². The highest BCUT2D eigenvalue weighted by Gasteiger charge is 2.13. The van der Waals surface area contributed by atoms with E-state index in [-0.39, 0.29) is 5.82 Å². The Bertz CT molecular complexity index is 1060. The molecule has 3 heterocycles. The molecule has 27 heavy (non-hydrogen) atoms. The molecule has 0 bridgehead atoms. The average molecular weight is 398 g/mol. The van der Waals surface area contributed by atoms with Crippen LogP contribution in [0.15, 0.2) is 59.3 Å². The number of pyridine rings is 1. The summed E-state index contributed by atoms with van der Waals surface area (Å²) in [4.78, 5) is 13.2. The number of rotatable bonds is 5. The van der Waals surface area contributed by atoms with Crippen LogP contribution in [-0.2, 0) is 5.75 Å². The molecule has 0 radical (unpaired) electrons. The summed E-state index contributed by atoms with van der Waals surface area (Å²) >= 11 is 3.15. The third-order valence-corrected chi connectivity index (χ3v) is 6.46. The number of thiophene rings is 1. The monoisotopic (exact) mass is 397 g/mol. The normalized spacial score (nSPS) is 11.0. The molecular weight excluding hydrogens is 381 g/mol. The first-order valence-electron chi connectivity index (χ1n) is 8.26. The second-order valence-corrected chi connectivity index (χ2v) is 7.93. The molecule has 0 fully saturated rings. The molecule has 2 N–H and O–H groups in total. The minimum Gasteiger partial charge on any atom is -0.507 e. The molecule has 0 atom stereocenters. The van der Waals surface area contributed by atoms with Gasteiger partial charge in [0, 0.05) is 51.3 Å². The maximum absolute atomic E-state index is 13.3. The molecule has 136 valence electrons. The lowest BCUT2D eigenvalue weighted by atomic mass is 10.0. The van der Waals surface area contributed by atoms with Crippen LogP contribution in [0.2, 0.25) is 0 Å². The molecule has 0 unspecified atom stereocenters. The van der Waals surface area contributed by atoms with Crippen molar-refractivity contribution in [2.24, 2.45) is 0 Å². The molecule has 0 aliphatic carbocycles. The van der Waals surface area contributed by atoms with Gasteiger partial charge in [-0.3, -0.25) is 0 Å². The van der Waals surface area contributed by atoms with Gasteiger partial charge in [0.2, 0.25) is 0 Å². The zero-order valence-electron chi connectivity index (χ0n) is 14.4. The minimum absolute atomic E-state index is 0.270. The van der Waals surface area contributed by atoms with Gasteiger partial charge in [0.1, 0.15) is 17.4 Å². The number of aromatic hydroxyl groups is 1. The van der Waals surface area contributed by atoms with Crippen LogP contribution < -0.4 is 0 Å². The van der Waals surface area contributed by atoms with E-state index in [1.807, 2.05) is 13.0 Å². The van der Waals surface area contributed by atoms with Crippen LogP contribution in [0.5, 0.6) is 5.75 Å². The van der Waals surface area contributed by atoms with Gasteiger partial charge in [-0.25, -0.2) is 14.4 Å². The number of nitrogens with one attached hydrogen (secondary N) is 1. The van der Waals surface area contributed by atoms with E-state index >= 15 is 0 Å². The second-order valence-electron chi connectivity index (χ2n) is 5.97. The van der Waals surface area contributed by atoms with Crippen molar-refractivity contribution in [3.05, 3.63) is 70.6 Å².